The number of benzene rings is 1. The molecule has 0 radical (unpaired) electrons. The van der Waals surface area contributed by atoms with E-state index in [1.54, 1.807) is 24.3 Å². The Labute approximate surface area is 128 Å². The summed E-state index contributed by atoms with van der Waals surface area (Å²) in [6, 6.07) is 9.46. The fourth-order valence-electron chi connectivity index (χ4n) is 1.52. The average molecular weight is 355 g/mol. The summed E-state index contributed by atoms with van der Waals surface area (Å²) >= 11 is 9.09. The van der Waals surface area contributed by atoms with Crippen molar-refractivity contribution in [1.82, 2.24) is 4.98 Å². The standard InChI is InChI=1S/C13H9BrClN3O2/c14-11-3-1-2-10(18-11)13(20)17-7-4-5-8(12(16)19)9(15)6-7/h1-6H,(H2,16,19)(H,17,20). The molecule has 0 aliphatic heterocycles. The van der Waals surface area contributed by atoms with Crippen LogP contribution in [0.5, 0.6) is 0 Å². The van der Waals surface area contributed by atoms with Crippen molar-refractivity contribution in [3.63, 3.8) is 0 Å². The minimum absolute atomic E-state index is 0.178. The summed E-state index contributed by atoms with van der Waals surface area (Å²) in [6.07, 6.45) is 0. The first-order chi connectivity index (χ1) is 9.47. The van der Waals surface area contributed by atoms with Crippen LogP contribution in [0.25, 0.3) is 0 Å². The lowest BCUT2D eigenvalue weighted by Crippen LogP contribution is -2.15. The van der Waals surface area contributed by atoms with Gasteiger partial charge in [-0.1, -0.05) is 17.7 Å². The van der Waals surface area contributed by atoms with Gasteiger partial charge in [-0.2, -0.15) is 0 Å². The van der Waals surface area contributed by atoms with Crippen molar-refractivity contribution in [2.45, 2.75) is 0 Å². The van der Waals surface area contributed by atoms with Gasteiger partial charge in [0.25, 0.3) is 5.91 Å². The number of pyridine rings is 1. The van der Waals surface area contributed by atoms with Gasteiger partial charge in [-0.05, 0) is 46.3 Å². The van der Waals surface area contributed by atoms with E-state index >= 15 is 0 Å². The van der Waals surface area contributed by atoms with Gasteiger partial charge in [-0.3, -0.25) is 9.59 Å². The Morgan fingerprint density at radius 2 is 2.00 bits per heavy atom. The highest BCUT2D eigenvalue weighted by atomic mass is 79.9. The molecular formula is C13H9BrClN3O2. The summed E-state index contributed by atoms with van der Waals surface area (Å²) in [5.41, 5.74) is 6.06. The molecule has 1 aromatic carbocycles. The monoisotopic (exact) mass is 353 g/mol. The Bertz CT molecular complexity index is 691. The maximum Gasteiger partial charge on any atom is 0.274 e. The molecule has 1 aromatic heterocycles. The lowest BCUT2D eigenvalue weighted by molar-refractivity contribution is 0.0998. The highest BCUT2D eigenvalue weighted by molar-refractivity contribution is 9.10. The number of aromatic nitrogens is 1. The molecule has 0 saturated carbocycles. The third-order valence-corrected chi connectivity index (χ3v) is 3.19. The minimum Gasteiger partial charge on any atom is -0.366 e. The lowest BCUT2D eigenvalue weighted by Gasteiger charge is -2.07. The normalized spacial score (nSPS) is 10.1. The van der Waals surface area contributed by atoms with Crippen LogP contribution in [0, 0.1) is 0 Å². The zero-order valence-corrected chi connectivity index (χ0v) is 12.4. The Morgan fingerprint density at radius 3 is 2.60 bits per heavy atom. The van der Waals surface area contributed by atoms with Gasteiger partial charge in [0, 0.05) is 5.69 Å². The first-order valence-electron chi connectivity index (χ1n) is 5.50. The molecule has 0 aliphatic carbocycles. The Kier molecular flexibility index (Phi) is 4.36. The molecule has 0 saturated heterocycles. The molecule has 5 nitrogen and oxygen atoms in total. The first kappa shape index (κ1) is 14.5. The van der Waals surface area contributed by atoms with E-state index in [-0.39, 0.29) is 22.2 Å². The number of nitrogens with two attached hydrogens (primary N) is 1. The van der Waals surface area contributed by atoms with Gasteiger partial charge in [0.2, 0.25) is 5.91 Å². The zero-order valence-electron chi connectivity index (χ0n) is 10.1. The number of amides is 2. The van der Waals surface area contributed by atoms with Crippen LogP contribution in [-0.2, 0) is 0 Å². The van der Waals surface area contributed by atoms with Crippen molar-refractivity contribution in [2.24, 2.45) is 5.73 Å². The maximum absolute atomic E-state index is 12.0. The highest BCUT2D eigenvalue weighted by Crippen LogP contribution is 2.21. The number of primary amides is 1. The average Bonchev–Trinajstić information content (AvgIpc) is 2.38. The van der Waals surface area contributed by atoms with Gasteiger partial charge in [-0.25, -0.2) is 4.98 Å². The zero-order chi connectivity index (χ0) is 14.7. The molecule has 0 bridgehead atoms. The van der Waals surface area contributed by atoms with Crippen LogP contribution in [0.2, 0.25) is 5.02 Å². The van der Waals surface area contributed by atoms with Crippen LogP contribution in [0.1, 0.15) is 20.8 Å². The second kappa shape index (κ2) is 6.02. The first-order valence-corrected chi connectivity index (χ1v) is 6.68. The number of hydrogen-bond donors (Lipinski definition) is 2. The SMILES string of the molecule is NC(=O)c1ccc(NC(=O)c2cccc(Br)n2)cc1Cl. The van der Waals surface area contributed by atoms with E-state index in [0.717, 1.165) is 0 Å². The minimum atomic E-state index is -0.624. The summed E-state index contributed by atoms with van der Waals surface area (Å²) < 4.78 is 0.562. The fourth-order valence-corrected chi connectivity index (χ4v) is 2.14. The van der Waals surface area contributed by atoms with Gasteiger partial charge in [-0.15, -0.1) is 0 Å². The topological polar surface area (TPSA) is 85.1 Å². The van der Waals surface area contributed by atoms with Crippen LogP contribution < -0.4 is 11.1 Å². The number of nitrogens with zero attached hydrogens (tertiary/aromatic N) is 1. The van der Waals surface area contributed by atoms with Crippen molar-refractivity contribution in [1.29, 1.82) is 0 Å². The van der Waals surface area contributed by atoms with Crippen molar-refractivity contribution in [3.8, 4) is 0 Å². The van der Waals surface area contributed by atoms with E-state index in [1.165, 1.54) is 12.1 Å². The number of halogens is 2. The van der Waals surface area contributed by atoms with Crippen molar-refractivity contribution in [3.05, 3.63) is 57.3 Å². The second-order valence-corrected chi connectivity index (χ2v) is 5.08. The Hall–Kier alpha value is -1.92. The van der Waals surface area contributed by atoms with Gasteiger partial charge in [0.1, 0.15) is 10.3 Å². The largest absolute Gasteiger partial charge is 0.366 e. The molecule has 2 aromatic rings. The summed E-state index contributed by atoms with van der Waals surface area (Å²) in [5.74, 6) is -1.00. The predicted octanol–water partition coefficient (Wildman–Crippen LogP) is 2.85. The number of rotatable bonds is 3. The van der Waals surface area contributed by atoms with E-state index < -0.39 is 5.91 Å². The van der Waals surface area contributed by atoms with E-state index in [9.17, 15) is 9.59 Å². The molecule has 1 heterocycles. The maximum atomic E-state index is 12.0. The molecule has 0 spiro atoms. The van der Waals surface area contributed by atoms with Crippen molar-refractivity contribution in [2.75, 3.05) is 5.32 Å². The van der Waals surface area contributed by atoms with Gasteiger partial charge < -0.3 is 11.1 Å². The molecule has 2 amide bonds. The summed E-state index contributed by atoms with van der Waals surface area (Å²) in [4.78, 5) is 27.1. The molecule has 0 aliphatic rings. The van der Waals surface area contributed by atoms with E-state index in [2.05, 4.69) is 26.2 Å². The Morgan fingerprint density at radius 1 is 1.25 bits per heavy atom. The van der Waals surface area contributed by atoms with Gasteiger partial charge in [0.05, 0.1) is 10.6 Å². The smallest absolute Gasteiger partial charge is 0.274 e. The molecule has 2 rings (SSSR count). The summed E-state index contributed by atoms with van der Waals surface area (Å²) in [5, 5.41) is 2.81. The van der Waals surface area contributed by atoms with Gasteiger partial charge >= 0.3 is 0 Å². The van der Waals surface area contributed by atoms with E-state index in [4.69, 9.17) is 17.3 Å². The summed E-state index contributed by atoms with van der Waals surface area (Å²) in [7, 11) is 0. The number of hydrogen-bond acceptors (Lipinski definition) is 3. The third-order valence-electron chi connectivity index (χ3n) is 2.44. The number of nitrogens with one attached hydrogen (secondary N) is 1. The third kappa shape index (κ3) is 3.34. The number of anilines is 1. The van der Waals surface area contributed by atoms with Gasteiger partial charge in [0.15, 0.2) is 0 Å². The molecule has 102 valence electrons. The lowest BCUT2D eigenvalue weighted by atomic mass is 10.2. The Balaban J connectivity index is 2.20. The highest BCUT2D eigenvalue weighted by Gasteiger charge is 2.11. The molecule has 0 fully saturated rings. The van der Waals surface area contributed by atoms with Crippen LogP contribution in [-0.4, -0.2) is 16.8 Å². The predicted molar refractivity (Wildman–Crippen MR) is 79.9 cm³/mol. The van der Waals surface area contributed by atoms with Crippen LogP contribution in [0.15, 0.2) is 41.0 Å². The van der Waals surface area contributed by atoms with Crippen LogP contribution >= 0.6 is 27.5 Å². The fraction of sp³-hybridized carbons (Fsp3) is 0. The van der Waals surface area contributed by atoms with Crippen molar-refractivity contribution < 1.29 is 9.59 Å². The van der Waals surface area contributed by atoms with E-state index in [1.807, 2.05) is 0 Å². The molecule has 7 heteroatoms. The molecular weight excluding hydrogens is 346 g/mol. The molecule has 20 heavy (non-hydrogen) atoms. The number of carbonyl (C=O) groups excluding carboxylic acids is 2. The van der Waals surface area contributed by atoms with E-state index in [0.29, 0.717) is 10.3 Å². The van der Waals surface area contributed by atoms with Crippen LogP contribution in [0.4, 0.5) is 5.69 Å². The van der Waals surface area contributed by atoms with Crippen molar-refractivity contribution >= 4 is 45.0 Å². The molecule has 3 N–H and O–H groups in total. The second-order valence-electron chi connectivity index (χ2n) is 3.86. The summed E-state index contributed by atoms with van der Waals surface area (Å²) in [6.45, 7) is 0. The number of carbonyl (C=O) groups is 2. The quantitative estimate of drug-likeness (QED) is 0.831. The van der Waals surface area contributed by atoms with Crippen LogP contribution in [0.3, 0.4) is 0 Å². The molecule has 0 unspecified atom stereocenters. The molecule has 0 atom stereocenters.